The predicted molar refractivity (Wildman–Crippen MR) is 79.4 cm³/mol. The lowest BCUT2D eigenvalue weighted by molar-refractivity contribution is -0.390. The highest BCUT2D eigenvalue weighted by Crippen LogP contribution is 2.48. The molecule has 0 radical (unpaired) electrons. The molecule has 20 heavy (non-hydrogen) atoms. The van der Waals surface area contributed by atoms with Gasteiger partial charge >= 0.3 is 0 Å². The van der Waals surface area contributed by atoms with Gasteiger partial charge in [0.15, 0.2) is 0 Å². The van der Waals surface area contributed by atoms with Crippen molar-refractivity contribution in [1.29, 1.82) is 0 Å². The molecule has 2 heteroatoms. The van der Waals surface area contributed by atoms with Gasteiger partial charge in [-0.05, 0) is 31.4 Å². The minimum absolute atomic E-state index is 0.187. The summed E-state index contributed by atoms with van der Waals surface area (Å²) in [6.45, 7) is 4.81. The third-order valence-corrected chi connectivity index (χ3v) is 4.39. The van der Waals surface area contributed by atoms with Crippen molar-refractivity contribution in [2.24, 2.45) is 0 Å². The zero-order valence-electron chi connectivity index (χ0n) is 12.0. The van der Waals surface area contributed by atoms with Crippen molar-refractivity contribution in [3.63, 3.8) is 0 Å². The van der Waals surface area contributed by atoms with Crippen molar-refractivity contribution < 1.29 is 9.78 Å². The highest BCUT2D eigenvalue weighted by molar-refractivity contribution is 5.43. The fourth-order valence-electron chi connectivity index (χ4n) is 3.35. The lowest BCUT2D eigenvalue weighted by atomic mass is 9.62. The summed E-state index contributed by atoms with van der Waals surface area (Å²) < 4.78 is 0. The predicted octanol–water partition coefficient (Wildman–Crippen LogP) is 4.10. The van der Waals surface area contributed by atoms with Crippen LogP contribution in [0.25, 0.3) is 0 Å². The van der Waals surface area contributed by atoms with Crippen molar-refractivity contribution in [3.8, 4) is 0 Å². The second-order valence-electron chi connectivity index (χ2n) is 5.80. The Morgan fingerprint density at radius 2 is 1.30 bits per heavy atom. The van der Waals surface area contributed by atoms with E-state index in [9.17, 15) is 0 Å². The van der Waals surface area contributed by atoms with Crippen molar-refractivity contribution in [2.45, 2.75) is 31.3 Å². The quantitative estimate of drug-likeness (QED) is 0.763. The van der Waals surface area contributed by atoms with Gasteiger partial charge in [0.1, 0.15) is 5.60 Å². The maximum Gasteiger partial charge on any atom is 0.112 e. The van der Waals surface area contributed by atoms with E-state index in [1.54, 1.807) is 0 Å². The fourth-order valence-corrected chi connectivity index (χ4v) is 3.35. The van der Waals surface area contributed by atoms with Gasteiger partial charge in [-0.3, -0.25) is 0 Å². The van der Waals surface area contributed by atoms with E-state index in [4.69, 9.17) is 9.78 Å². The van der Waals surface area contributed by atoms with Gasteiger partial charge in [-0.2, -0.15) is 0 Å². The van der Waals surface area contributed by atoms with E-state index in [0.717, 1.165) is 6.42 Å². The smallest absolute Gasteiger partial charge is 0.112 e. The zero-order valence-corrected chi connectivity index (χ0v) is 12.0. The Labute approximate surface area is 120 Å². The third kappa shape index (κ3) is 1.96. The molecule has 0 spiro atoms. The number of hydrogen-bond donors (Lipinski definition) is 0. The summed E-state index contributed by atoms with van der Waals surface area (Å²) >= 11 is 0. The van der Waals surface area contributed by atoms with Crippen molar-refractivity contribution in [2.75, 3.05) is 6.61 Å². The van der Waals surface area contributed by atoms with Crippen molar-refractivity contribution in [1.82, 2.24) is 0 Å². The molecule has 2 aromatic rings. The fraction of sp³-hybridized carbons (Fsp3) is 0.333. The van der Waals surface area contributed by atoms with Crippen LogP contribution >= 0.6 is 0 Å². The molecule has 0 N–H and O–H groups in total. The van der Waals surface area contributed by atoms with Crippen LogP contribution in [0.4, 0.5) is 0 Å². The van der Waals surface area contributed by atoms with Gasteiger partial charge in [0.2, 0.25) is 0 Å². The summed E-state index contributed by atoms with van der Waals surface area (Å²) in [6, 6.07) is 21.2. The Hall–Kier alpha value is -1.64. The van der Waals surface area contributed by atoms with E-state index in [1.165, 1.54) is 11.1 Å². The number of hydrogen-bond acceptors (Lipinski definition) is 2. The van der Waals surface area contributed by atoms with Gasteiger partial charge in [0.05, 0.1) is 12.0 Å². The van der Waals surface area contributed by atoms with Crippen molar-refractivity contribution >= 4 is 0 Å². The summed E-state index contributed by atoms with van der Waals surface area (Å²) in [4.78, 5) is 11.0. The topological polar surface area (TPSA) is 18.5 Å². The molecule has 104 valence electrons. The van der Waals surface area contributed by atoms with Crippen LogP contribution in [0.15, 0.2) is 60.7 Å². The minimum atomic E-state index is -0.423. The van der Waals surface area contributed by atoms with E-state index in [2.05, 4.69) is 74.5 Å². The molecule has 0 saturated carbocycles. The summed E-state index contributed by atoms with van der Waals surface area (Å²) in [6.07, 6.45) is 0.911. The summed E-state index contributed by atoms with van der Waals surface area (Å²) in [5.41, 5.74) is 1.95. The first-order valence-corrected chi connectivity index (χ1v) is 7.08. The molecule has 0 bridgehead atoms. The largest absolute Gasteiger partial charge is 0.236 e. The van der Waals surface area contributed by atoms with Crippen LogP contribution < -0.4 is 0 Å². The maximum atomic E-state index is 5.69. The van der Waals surface area contributed by atoms with Gasteiger partial charge in [-0.1, -0.05) is 60.7 Å². The highest BCUT2D eigenvalue weighted by Gasteiger charge is 2.51. The molecule has 1 saturated heterocycles. The number of benzene rings is 2. The van der Waals surface area contributed by atoms with Gasteiger partial charge in [0, 0.05) is 0 Å². The van der Waals surface area contributed by atoms with Crippen LogP contribution in [0.5, 0.6) is 0 Å². The molecular formula is C18H20O2. The normalized spacial score (nSPS) is 20.5. The van der Waals surface area contributed by atoms with Gasteiger partial charge in [-0.15, -0.1) is 0 Å². The molecule has 2 aromatic carbocycles. The van der Waals surface area contributed by atoms with Crippen LogP contribution in [0.1, 0.15) is 31.4 Å². The summed E-state index contributed by atoms with van der Waals surface area (Å²) in [7, 11) is 0. The molecule has 1 aliphatic rings. The lowest BCUT2D eigenvalue weighted by Gasteiger charge is -2.49. The Bertz CT molecular complexity index is 521. The highest BCUT2D eigenvalue weighted by atomic mass is 17.2. The molecular weight excluding hydrogens is 248 g/mol. The van der Waals surface area contributed by atoms with Crippen LogP contribution in [0.2, 0.25) is 0 Å². The first kappa shape index (κ1) is 13.3. The third-order valence-electron chi connectivity index (χ3n) is 4.39. The van der Waals surface area contributed by atoms with Crippen LogP contribution in [-0.2, 0) is 15.2 Å². The number of rotatable bonds is 2. The van der Waals surface area contributed by atoms with E-state index >= 15 is 0 Å². The summed E-state index contributed by atoms with van der Waals surface area (Å²) in [5, 5.41) is 0. The molecule has 1 fully saturated rings. The van der Waals surface area contributed by atoms with Gasteiger partial charge in [0.25, 0.3) is 0 Å². The Kier molecular flexibility index (Phi) is 3.36. The Morgan fingerprint density at radius 1 is 0.800 bits per heavy atom. The molecule has 3 rings (SSSR count). The Balaban J connectivity index is 2.23. The van der Waals surface area contributed by atoms with Gasteiger partial charge < -0.3 is 0 Å². The molecule has 2 nitrogen and oxygen atoms in total. The standard InChI is InChI=1S/C18H20O2/c1-17(2)18(13-14-19-20-17,15-9-5-3-6-10-15)16-11-7-4-8-12-16/h3-12H,13-14H2,1-2H3. The maximum absolute atomic E-state index is 5.69. The summed E-state index contributed by atoms with van der Waals surface area (Å²) in [5.74, 6) is 0. The molecule has 0 amide bonds. The molecule has 1 heterocycles. The molecule has 0 unspecified atom stereocenters. The molecule has 0 aliphatic carbocycles. The average molecular weight is 268 g/mol. The first-order valence-electron chi connectivity index (χ1n) is 7.08. The zero-order chi connectivity index (χ0) is 14.1. The second-order valence-corrected chi connectivity index (χ2v) is 5.80. The van der Waals surface area contributed by atoms with Crippen molar-refractivity contribution in [3.05, 3.63) is 71.8 Å². The average Bonchev–Trinajstić information content (AvgIpc) is 2.49. The molecule has 0 aromatic heterocycles. The monoisotopic (exact) mass is 268 g/mol. The van der Waals surface area contributed by atoms with E-state index < -0.39 is 5.60 Å². The van der Waals surface area contributed by atoms with Crippen LogP contribution in [0.3, 0.4) is 0 Å². The van der Waals surface area contributed by atoms with Crippen LogP contribution in [-0.4, -0.2) is 12.2 Å². The Morgan fingerprint density at radius 3 is 1.75 bits per heavy atom. The second kappa shape index (κ2) is 5.04. The van der Waals surface area contributed by atoms with E-state index in [1.807, 2.05) is 0 Å². The lowest BCUT2D eigenvalue weighted by Crippen LogP contribution is -2.53. The first-order chi connectivity index (χ1) is 9.67. The van der Waals surface area contributed by atoms with E-state index in [0.29, 0.717) is 6.61 Å². The molecule has 1 aliphatic heterocycles. The van der Waals surface area contributed by atoms with E-state index in [-0.39, 0.29) is 5.41 Å². The van der Waals surface area contributed by atoms with Gasteiger partial charge in [-0.25, -0.2) is 9.78 Å². The van der Waals surface area contributed by atoms with Crippen LogP contribution in [0, 0.1) is 0 Å². The minimum Gasteiger partial charge on any atom is -0.236 e. The SMILES string of the molecule is CC1(C)OOCCC1(c1ccccc1)c1ccccc1. The molecule has 0 atom stereocenters.